The van der Waals surface area contributed by atoms with Crippen molar-refractivity contribution in [3.63, 3.8) is 0 Å². The minimum absolute atomic E-state index is 0.0131. The van der Waals surface area contributed by atoms with E-state index >= 15 is 0 Å². The van der Waals surface area contributed by atoms with Crippen molar-refractivity contribution in [1.29, 1.82) is 0 Å². The largest absolute Gasteiger partial charge is 0.432 e. The minimum Gasteiger partial charge on any atom is -0.429 e. The van der Waals surface area contributed by atoms with Crippen LogP contribution in [0.15, 0.2) is 73.3 Å². The van der Waals surface area contributed by atoms with Crippen LogP contribution in [-0.2, 0) is 12.5 Å². The van der Waals surface area contributed by atoms with Gasteiger partial charge in [0, 0.05) is 28.8 Å². The van der Waals surface area contributed by atoms with Gasteiger partial charge in [-0.05, 0) is 54.8 Å². The number of alkyl halides is 2. The molecule has 0 radical (unpaired) electrons. The van der Waals surface area contributed by atoms with Gasteiger partial charge in [-0.2, -0.15) is 8.78 Å². The van der Waals surface area contributed by atoms with E-state index in [9.17, 15) is 39.5 Å². The smallest absolute Gasteiger partial charge is 0.429 e. The monoisotopic (exact) mass is 600 g/mol. The van der Waals surface area contributed by atoms with Crippen molar-refractivity contribution >= 4 is 0 Å². The van der Waals surface area contributed by atoms with Crippen molar-refractivity contribution < 1.29 is 44.3 Å². The Morgan fingerprint density at radius 2 is 1.12 bits per heavy atom. The Balaban J connectivity index is 1.55. The fourth-order valence-corrected chi connectivity index (χ4v) is 3.78. The highest BCUT2D eigenvalue weighted by molar-refractivity contribution is 5.50. The fraction of sp³-hybridized carbons (Fsp3) is 0.0909. The van der Waals surface area contributed by atoms with Crippen LogP contribution in [0.3, 0.4) is 0 Å². The molecule has 0 saturated heterocycles. The Bertz CT molecular complexity index is 1750. The van der Waals surface area contributed by atoms with Crippen molar-refractivity contribution in [3.8, 4) is 29.4 Å². The van der Waals surface area contributed by atoms with Gasteiger partial charge in [-0.25, -0.2) is 30.7 Å². The molecule has 0 saturated carbocycles. The molecule has 0 N–H and O–H groups in total. The van der Waals surface area contributed by atoms with E-state index in [-0.39, 0.29) is 17.7 Å². The molecule has 0 aliphatic rings. The lowest BCUT2D eigenvalue weighted by atomic mass is 10.1. The summed E-state index contributed by atoms with van der Waals surface area (Å²) in [7, 11) is 0. The van der Waals surface area contributed by atoms with E-state index in [1.807, 2.05) is 12.1 Å². The zero-order chi connectivity index (χ0) is 31.3. The molecule has 4 aromatic carbocycles. The van der Waals surface area contributed by atoms with Crippen LogP contribution in [0.5, 0.6) is 5.75 Å². The number of aryl methyl sites for hydroxylation is 1. The van der Waals surface area contributed by atoms with Gasteiger partial charge in [-0.15, -0.1) is 6.58 Å². The fourth-order valence-electron chi connectivity index (χ4n) is 3.78. The lowest BCUT2D eigenvalue weighted by Gasteiger charge is -2.19. The normalized spacial score (nSPS) is 10.8. The molecule has 0 heterocycles. The lowest BCUT2D eigenvalue weighted by Crippen LogP contribution is -2.25. The summed E-state index contributed by atoms with van der Waals surface area (Å²) in [6.45, 7) is 3.66. The van der Waals surface area contributed by atoms with Crippen LogP contribution in [0, 0.1) is 64.4 Å². The van der Waals surface area contributed by atoms with E-state index in [0.29, 0.717) is 17.7 Å². The standard InChI is InChI=1S/C33H17F9O/c1-2-3-4-19-5-7-20(8-6-19)9-10-21-13-25(34)24(26(35)14-21)12-11-22-15-27(36)31(28(37)16-22)33(41,42)43-23-17-29(38)32(40)30(39)18-23/h2,5-8,13-18H,1,3-4H2. The third-order valence-corrected chi connectivity index (χ3v) is 5.85. The Hall–Kier alpha value is -5.09. The maximum atomic E-state index is 14.6. The molecule has 0 aliphatic carbocycles. The van der Waals surface area contributed by atoms with Crippen LogP contribution in [0.2, 0.25) is 0 Å². The number of hydrogen-bond donors (Lipinski definition) is 0. The molecule has 1 nitrogen and oxygen atoms in total. The van der Waals surface area contributed by atoms with Gasteiger partial charge >= 0.3 is 6.11 Å². The van der Waals surface area contributed by atoms with E-state index in [2.05, 4.69) is 35.0 Å². The first kappa shape index (κ1) is 30.9. The molecule has 0 unspecified atom stereocenters. The average molecular weight is 600 g/mol. The van der Waals surface area contributed by atoms with Crippen LogP contribution < -0.4 is 4.74 Å². The van der Waals surface area contributed by atoms with Crippen molar-refractivity contribution in [2.45, 2.75) is 19.0 Å². The van der Waals surface area contributed by atoms with Gasteiger partial charge < -0.3 is 4.74 Å². The Kier molecular flexibility index (Phi) is 9.21. The summed E-state index contributed by atoms with van der Waals surface area (Å²) in [5.74, 6) is -3.44. The Morgan fingerprint density at radius 3 is 1.65 bits per heavy atom. The number of allylic oxidation sites excluding steroid dienone is 1. The summed E-state index contributed by atoms with van der Waals surface area (Å²) < 4.78 is 131. The Morgan fingerprint density at radius 1 is 0.628 bits per heavy atom. The lowest BCUT2D eigenvalue weighted by molar-refractivity contribution is -0.189. The number of halogens is 9. The molecule has 10 heteroatoms. The molecule has 0 fully saturated rings. The second-order valence-corrected chi connectivity index (χ2v) is 8.97. The molecule has 0 spiro atoms. The van der Waals surface area contributed by atoms with Crippen molar-refractivity contribution in [3.05, 3.63) is 147 Å². The summed E-state index contributed by atoms with van der Waals surface area (Å²) in [6.07, 6.45) is -1.39. The second-order valence-electron chi connectivity index (χ2n) is 8.97. The van der Waals surface area contributed by atoms with Crippen LogP contribution in [0.25, 0.3) is 0 Å². The first-order chi connectivity index (χ1) is 20.4. The molecule has 0 atom stereocenters. The number of benzene rings is 4. The third kappa shape index (κ3) is 7.41. The van der Waals surface area contributed by atoms with Crippen molar-refractivity contribution in [1.82, 2.24) is 0 Å². The summed E-state index contributed by atoms with van der Waals surface area (Å²) in [5.41, 5.74) is -1.63. The van der Waals surface area contributed by atoms with E-state index in [1.54, 1.807) is 18.2 Å². The van der Waals surface area contributed by atoms with E-state index < -0.39 is 69.3 Å². The van der Waals surface area contributed by atoms with Gasteiger partial charge in [-0.3, -0.25) is 0 Å². The van der Waals surface area contributed by atoms with Gasteiger partial charge in [0.05, 0.1) is 5.56 Å². The first-order valence-electron chi connectivity index (χ1n) is 12.3. The molecule has 4 rings (SSSR count). The summed E-state index contributed by atoms with van der Waals surface area (Å²) in [4.78, 5) is 0. The zero-order valence-electron chi connectivity index (χ0n) is 21.8. The van der Waals surface area contributed by atoms with E-state index in [0.717, 1.165) is 30.5 Å². The van der Waals surface area contributed by atoms with E-state index in [1.165, 1.54) is 0 Å². The van der Waals surface area contributed by atoms with Gasteiger partial charge in [-0.1, -0.05) is 41.9 Å². The maximum absolute atomic E-state index is 14.6. The van der Waals surface area contributed by atoms with Crippen molar-refractivity contribution in [2.75, 3.05) is 0 Å². The van der Waals surface area contributed by atoms with Crippen LogP contribution >= 0.6 is 0 Å². The Labute approximate surface area is 240 Å². The van der Waals surface area contributed by atoms with Crippen LogP contribution in [0.4, 0.5) is 39.5 Å². The van der Waals surface area contributed by atoms with Gasteiger partial charge in [0.2, 0.25) is 0 Å². The third-order valence-electron chi connectivity index (χ3n) is 5.85. The topological polar surface area (TPSA) is 9.23 Å². The second kappa shape index (κ2) is 12.8. The van der Waals surface area contributed by atoms with Crippen LogP contribution in [-0.4, -0.2) is 0 Å². The molecule has 0 bridgehead atoms. The molecular formula is C33H17F9O. The van der Waals surface area contributed by atoms with Crippen LogP contribution in [0.1, 0.15) is 39.8 Å². The zero-order valence-corrected chi connectivity index (χ0v) is 21.8. The van der Waals surface area contributed by atoms with Gasteiger partial charge in [0.1, 0.15) is 34.6 Å². The number of rotatable bonds is 6. The molecule has 43 heavy (non-hydrogen) atoms. The highest BCUT2D eigenvalue weighted by Crippen LogP contribution is 2.36. The highest BCUT2D eigenvalue weighted by atomic mass is 19.3. The van der Waals surface area contributed by atoms with E-state index in [4.69, 9.17) is 0 Å². The van der Waals surface area contributed by atoms with Gasteiger partial charge in [0.25, 0.3) is 0 Å². The molecule has 4 aromatic rings. The molecular weight excluding hydrogens is 583 g/mol. The summed E-state index contributed by atoms with van der Waals surface area (Å²) >= 11 is 0. The minimum atomic E-state index is -4.81. The number of ether oxygens (including phenoxy) is 1. The molecule has 0 amide bonds. The molecule has 0 aromatic heterocycles. The predicted octanol–water partition coefficient (Wildman–Crippen LogP) is 8.71. The molecule has 218 valence electrons. The van der Waals surface area contributed by atoms with Crippen molar-refractivity contribution in [2.24, 2.45) is 0 Å². The highest BCUT2D eigenvalue weighted by Gasteiger charge is 2.41. The van der Waals surface area contributed by atoms with Gasteiger partial charge in [0.15, 0.2) is 17.5 Å². The predicted molar refractivity (Wildman–Crippen MR) is 140 cm³/mol. The first-order valence-corrected chi connectivity index (χ1v) is 12.3. The summed E-state index contributed by atoms with van der Waals surface area (Å²) in [5, 5.41) is 0. The SMILES string of the molecule is C=CCCc1ccc(C#Cc2cc(F)c(C#Cc3cc(F)c(C(F)(F)Oc4cc(F)c(F)c(F)c4)c(F)c3)c(F)c2)cc1. The summed E-state index contributed by atoms with van der Waals surface area (Å²) in [6, 6.07) is 9.86. The average Bonchev–Trinajstić information content (AvgIpc) is 2.93. The number of hydrogen-bond acceptors (Lipinski definition) is 1. The quantitative estimate of drug-likeness (QED) is 0.0932. The maximum Gasteiger partial charge on any atom is 0.432 e. The molecule has 0 aliphatic heterocycles.